The number of carbonyl (C=O) groups excluding carboxylic acids is 1. The van der Waals surface area contributed by atoms with Crippen LogP contribution in [0.1, 0.15) is 18.9 Å². The summed E-state index contributed by atoms with van der Waals surface area (Å²) in [4.78, 5) is 10.8. The predicted molar refractivity (Wildman–Crippen MR) is 82.1 cm³/mol. The monoisotopic (exact) mass is 282 g/mol. The van der Waals surface area contributed by atoms with Crippen molar-refractivity contribution in [3.05, 3.63) is 48.6 Å². The molecule has 21 heavy (non-hydrogen) atoms. The quantitative estimate of drug-likeness (QED) is 0.511. The maximum Gasteiger partial charge on any atom is 0.304 e. The third-order valence-corrected chi connectivity index (χ3v) is 2.57. The maximum atomic E-state index is 10.8. The molecule has 0 radical (unpaired) electrons. The van der Waals surface area contributed by atoms with Crippen LogP contribution in [-0.4, -0.2) is 23.3 Å². The largest absolute Gasteiger partial charge is 0.445 e. The molecule has 0 aliphatic heterocycles. The molecule has 0 saturated carbocycles. The van der Waals surface area contributed by atoms with E-state index in [2.05, 4.69) is 30.3 Å². The number of aliphatic hydroxyl groups is 1. The van der Waals surface area contributed by atoms with Gasteiger partial charge in [0.15, 0.2) is 6.10 Å². The Morgan fingerprint density at radius 2 is 2.00 bits per heavy atom. The molecule has 0 spiro atoms. The summed E-state index contributed by atoms with van der Waals surface area (Å²) in [5, 5.41) is 9.73. The first kappa shape index (κ1) is 16.6. The summed E-state index contributed by atoms with van der Waals surface area (Å²) in [6.45, 7) is 4.82. The van der Waals surface area contributed by atoms with Gasteiger partial charge in [-0.15, -0.1) is 0 Å². The van der Waals surface area contributed by atoms with Gasteiger partial charge in [0.1, 0.15) is 6.10 Å². The molecule has 0 amide bonds. The van der Waals surface area contributed by atoms with Crippen molar-refractivity contribution >= 4 is 5.97 Å². The molecule has 3 heteroatoms. The maximum absolute atomic E-state index is 10.8. The van der Waals surface area contributed by atoms with Crippen molar-refractivity contribution in [3.63, 3.8) is 0 Å². The highest BCUT2D eigenvalue weighted by molar-refractivity contribution is 5.66. The predicted octanol–water partition coefficient (Wildman–Crippen LogP) is 2.10. The fraction of sp³-hybridized carbons (Fsp3) is 0.278. The van der Waals surface area contributed by atoms with Crippen molar-refractivity contribution in [2.75, 3.05) is 0 Å². The average Bonchev–Trinajstić information content (AvgIpc) is 2.49. The van der Waals surface area contributed by atoms with Gasteiger partial charge in [0.25, 0.3) is 0 Å². The SMILES string of the molecule is C=CC(C#CC#CC(O)CCc1ccccc1)OC(C)=O. The number of ether oxygens (including phenoxy) is 1. The van der Waals surface area contributed by atoms with Gasteiger partial charge in [-0.05, 0) is 42.2 Å². The molecule has 1 aromatic carbocycles. The summed E-state index contributed by atoms with van der Waals surface area (Å²) in [5.41, 5.74) is 1.16. The van der Waals surface area contributed by atoms with Crippen molar-refractivity contribution in [1.82, 2.24) is 0 Å². The second-order valence-electron chi connectivity index (χ2n) is 4.34. The van der Waals surface area contributed by atoms with Gasteiger partial charge in [-0.25, -0.2) is 0 Å². The summed E-state index contributed by atoms with van der Waals surface area (Å²) < 4.78 is 4.85. The highest BCUT2D eigenvalue weighted by Gasteiger charge is 2.02. The molecular weight excluding hydrogens is 264 g/mol. The van der Waals surface area contributed by atoms with Gasteiger partial charge < -0.3 is 9.84 Å². The van der Waals surface area contributed by atoms with Gasteiger partial charge in [-0.3, -0.25) is 4.79 Å². The van der Waals surface area contributed by atoms with Gasteiger partial charge in [0.05, 0.1) is 0 Å². The van der Waals surface area contributed by atoms with Crippen LogP contribution >= 0.6 is 0 Å². The Morgan fingerprint density at radius 1 is 1.33 bits per heavy atom. The van der Waals surface area contributed by atoms with E-state index in [-0.39, 0.29) is 0 Å². The van der Waals surface area contributed by atoms with Gasteiger partial charge in [0.2, 0.25) is 0 Å². The Bertz CT molecular complexity index is 582. The number of benzene rings is 1. The minimum atomic E-state index is -0.726. The van der Waals surface area contributed by atoms with Crippen molar-refractivity contribution in [3.8, 4) is 23.7 Å². The molecule has 108 valence electrons. The second kappa shape index (κ2) is 9.42. The minimum absolute atomic E-state index is 0.426. The zero-order valence-corrected chi connectivity index (χ0v) is 12.0. The van der Waals surface area contributed by atoms with E-state index in [1.807, 2.05) is 30.3 Å². The topological polar surface area (TPSA) is 46.5 Å². The first-order valence-electron chi connectivity index (χ1n) is 6.64. The Balaban J connectivity index is 2.43. The van der Waals surface area contributed by atoms with E-state index < -0.39 is 18.2 Å². The van der Waals surface area contributed by atoms with Crippen molar-refractivity contribution in [2.45, 2.75) is 32.0 Å². The van der Waals surface area contributed by atoms with E-state index in [1.54, 1.807) is 0 Å². The van der Waals surface area contributed by atoms with Gasteiger partial charge >= 0.3 is 5.97 Å². The smallest absolute Gasteiger partial charge is 0.304 e. The van der Waals surface area contributed by atoms with Crippen LogP contribution in [0.15, 0.2) is 43.0 Å². The lowest BCUT2D eigenvalue weighted by Gasteiger charge is -2.03. The molecule has 0 fully saturated rings. The lowest BCUT2D eigenvalue weighted by atomic mass is 10.1. The van der Waals surface area contributed by atoms with Crippen LogP contribution in [0.3, 0.4) is 0 Å². The van der Waals surface area contributed by atoms with E-state index in [1.165, 1.54) is 13.0 Å². The van der Waals surface area contributed by atoms with Crippen LogP contribution < -0.4 is 0 Å². The third-order valence-electron chi connectivity index (χ3n) is 2.57. The van der Waals surface area contributed by atoms with E-state index >= 15 is 0 Å². The van der Waals surface area contributed by atoms with E-state index in [9.17, 15) is 9.90 Å². The number of aryl methyl sites for hydroxylation is 1. The van der Waals surface area contributed by atoms with Gasteiger partial charge in [-0.2, -0.15) is 0 Å². The fourth-order valence-electron chi connectivity index (χ4n) is 1.56. The number of carbonyl (C=O) groups is 1. The molecule has 0 aliphatic rings. The zero-order chi connectivity index (χ0) is 15.5. The summed E-state index contributed by atoms with van der Waals surface area (Å²) in [6, 6.07) is 9.89. The van der Waals surface area contributed by atoms with Crippen LogP contribution in [0, 0.1) is 23.7 Å². The van der Waals surface area contributed by atoms with Crippen LogP contribution in [0.4, 0.5) is 0 Å². The Kier molecular flexibility index (Phi) is 7.43. The lowest BCUT2D eigenvalue weighted by molar-refractivity contribution is -0.142. The Labute approximate surface area is 125 Å². The first-order valence-corrected chi connectivity index (χ1v) is 6.64. The number of rotatable bonds is 5. The zero-order valence-electron chi connectivity index (χ0n) is 12.0. The molecule has 2 atom stereocenters. The summed E-state index contributed by atoms with van der Waals surface area (Å²) in [6.07, 6.45) is 1.33. The third kappa shape index (κ3) is 7.62. The average molecular weight is 282 g/mol. The van der Waals surface area contributed by atoms with Gasteiger partial charge in [0, 0.05) is 6.92 Å². The van der Waals surface area contributed by atoms with E-state index in [0.29, 0.717) is 6.42 Å². The Hall–Kier alpha value is -2.49. The summed E-state index contributed by atoms with van der Waals surface area (Å²) >= 11 is 0. The van der Waals surface area contributed by atoms with Gasteiger partial charge in [-0.1, -0.05) is 42.8 Å². The fourth-order valence-corrected chi connectivity index (χ4v) is 1.56. The first-order chi connectivity index (χ1) is 10.1. The Morgan fingerprint density at radius 3 is 2.62 bits per heavy atom. The molecular formula is C18H18O3. The molecule has 2 unspecified atom stereocenters. The number of esters is 1. The number of hydrogen-bond acceptors (Lipinski definition) is 3. The van der Waals surface area contributed by atoms with Crippen molar-refractivity contribution in [2.24, 2.45) is 0 Å². The minimum Gasteiger partial charge on any atom is -0.445 e. The number of aliphatic hydroxyl groups excluding tert-OH is 1. The molecule has 0 bridgehead atoms. The second-order valence-corrected chi connectivity index (χ2v) is 4.34. The molecule has 1 aromatic rings. The molecule has 0 heterocycles. The van der Waals surface area contributed by atoms with Crippen molar-refractivity contribution < 1.29 is 14.6 Å². The highest BCUT2D eigenvalue weighted by Crippen LogP contribution is 2.04. The van der Waals surface area contributed by atoms with Crippen LogP contribution in [0.5, 0.6) is 0 Å². The highest BCUT2D eigenvalue weighted by atomic mass is 16.5. The molecule has 3 nitrogen and oxygen atoms in total. The molecule has 1 N–H and O–H groups in total. The van der Waals surface area contributed by atoms with Crippen molar-refractivity contribution in [1.29, 1.82) is 0 Å². The molecule has 0 saturated heterocycles. The van der Waals surface area contributed by atoms with Crippen LogP contribution in [-0.2, 0) is 16.0 Å². The molecule has 0 aromatic heterocycles. The summed E-state index contributed by atoms with van der Waals surface area (Å²) in [7, 11) is 0. The molecule has 0 aliphatic carbocycles. The summed E-state index contributed by atoms with van der Waals surface area (Å²) in [5.74, 6) is 9.96. The van der Waals surface area contributed by atoms with E-state index in [4.69, 9.17) is 4.74 Å². The van der Waals surface area contributed by atoms with Crippen LogP contribution in [0.25, 0.3) is 0 Å². The standard InChI is InChI=1S/C18H18O3/c1-3-18(21-15(2)19)12-8-7-11-17(20)14-13-16-9-5-4-6-10-16/h3-6,9-10,17-18,20H,1,13-14H2,2H3. The number of hydrogen-bond donors (Lipinski definition) is 1. The van der Waals surface area contributed by atoms with Crippen LogP contribution in [0.2, 0.25) is 0 Å². The normalized spacial score (nSPS) is 11.9. The molecule has 1 rings (SSSR count). The van der Waals surface area contributed by atoms with E-state index in [0.717, 1.165) is 12.0 Å². The lowest BCUT2D eigenvalue weighted by Crippen LogP contribution is -2.10.